The molecule has 0 amide bonds. The van der Waals surface area contributed by atoms with Gasteiger partial charge in [-0.3, -0.25) is 4.90 Å². The van der Waals surface area contributed by atoms with Crippen molar-refractivity contribution in [2.24, 2.45) is 5.92 Å². The summed E-state index contributed by atoms with van der Waals surface area (Å²) >= 11 is 0. The lowest BCUT2D eigenvalue weighted by Gasteiger charge is -2.31. The molecule has 1 aliphatic rings. The SMILES string of the molecule is CCC(C)NCC(C)N(C)C(C)C1CC1. The minimum Gasteiger partial charge on any atom is -0.313 e. The second-order valence-electron chi connectivity index (χ2n) is 5.31. The van der Waals surface area contributed by atoms with Crippen LogP contribution in [0, 0.1) is 5.92 Å². The molecule has 1 aliphatic carbocycles. The van der Waals surface area contributed by atoms with Crippen LogP contribution in [-0.4, -0.2) is 36.6 Å². The summed E-state index contributed by atoms with van der Waals surface area (Å²) in [6, 6.07) is 2.06. The molecule has 1 fully saturated rings. The van der Waals surface area contributed by atoms with E-state index in [0.717, 1.165) is 18.5 Å². The number of likely N-dealkylation sites (N-methyl/N-ethyl adjacent to an activating group) is 1. The van der Waals surface area contributed by atoms with Crippen molar-refractivity contribution in [1.82, 2.24) is 10.2 Å². The Balaban J connectivity index is 2.22. The first-order valence-corrected chi connectivity index (χ1v) is 6.51. The lowest BCUT2D eigenvalue weighted by molar-refractivity contribution is 0.172. The minimum absolute atomic E-state index is 0.648. The highest BCUT2D eigenvalue weighted by molar-refractivity contribution is 4.86. The van der Waals surface area contributed by atoms with Crippen LogP contribution in [0.2, 0.25) is 0 Å². The Morgan fingerprint density at radius 2 is 1.87 bits per heavy atom. The molecule has 1 saturated carbocycles. The highest BCUT2D eigenvalue weighted by Crippen LogP contribution is 2.35. The third-order valence-corrected chi connectivity index (χ3v) is 4.02. The maximum absolute atomic E-state index is 3.59. The molecular formula is C13H28N2. The monoisotopic (exact) mass is 212 g/mol. The van der Waals surface area contributed by atoms with Crippen LogP contribution in [0.4, 0.5) is 0 Å². The lowest BCUT2D eigenvalue weighted by atomic mass is 10.1. The lowest BCUT2D eigenvalue weighted by Crippen LogP contribution is -2.45. The largest absolute Gasteiger partial charge is 0.313 e. The van der Waals surface area contributed by atoms with Crippen LogP contribution in [0.3, 0.4) is 0 Å². The summed E-state index contributed by atoms with van der Waals surface area (Å²) in [5.74, 6) is 0.973. The fourth-order valence-electron chi connectivity index (χ4n) is 1.97. The van der Waals surface area contributed by atoms with Gasteiger partial charge in [0, 0.05) is 24.7 Å². The fraction of sp³-hybridized carbons (Fsp3) is 1.00. The van der Waals surface area contributed by atoms with Crippen LogP contribution in [-0.2, 0) is 0 Å². The highest BCUT2D eigenvalue weighted by Gasteiger charge is 2.31. The number of nitrogens with one attached hydrogen (secondary N) is 1. The summed E-state index contributed by atoms with van der Waals surface area (Å²) < 4.78 is 0. The van der Waals surface area contributed by atoms with Gasteiger partial charge in [-0.1, -0.05) is 6.92 Å². The molecule has 0 aliphatic heterocycles. The molecule has 1 N–H and O–H groups in total. The highest BCUT2D eigenvalue weighted by atomic mass is 15.2. The first kappa shape index (κ1) is 13.0. The molecule has 15 heavy (non-hydrogen) atoms. The Morgan fingerprint density at radius 1 is 1.27 bits per heavy atom. The molecule has 0 aromatic carbocycles. The van der Waals surface area contributed by atoms with Gasteiger partial charge in [-0.25, -0.2) is 0 Å². The van der Waals surface area contributed by atoms with Gasteiger partial charge < -0.3 is 5.32 Å². The van der Waals surface area contributed by atoms with Gasteiger partial charge in [-0.15, -0.1) is 0 Å². The zero-order valence-corrected chi connectivity index (χ0v) is 11.1. The van der Waals surface area contributed by atoms with Gasteiger partial charge in [-0.05, 0) is 53.0 Å². The van der Waals surface area contributed by atoms with Crippen molar-refractivity contribution in [2.75, 3.05) is 13.6 Å². The van der Waals surface area contributed by atoms with Crippen LogP contribution < -0.4 is 5.32 Å². The van der Waals surface area contributed by atoms with Crippen LogP contribution in [0.15, 0.2) is 0 Å². The molecule has 3 atom stereocenters. The van der Waals surface area contributed by atoms with E-state index in [1.165, 1.54) is 19.3 Å². The van der Waals surface area contributed by atoms with Gasteiger partial charge in [0.05, 0.1) is 0 Å². The maximum Gasteiger partial charge on any atom is 0.0192 e. The minimum atomic E-state index is 0.648. The average molecular weight is 212 g/mol. The molecular weight excluding hydrogens is 184 g/mol. The van der Waals surface area contributed by atoms with Crippen molar-refractivity contribution >= 4 is 0 Å². The van der Waals surface area contributed by atoms with E-state index in [1.807, 2.05) is 0 Å². The van der Waals surface area contributed by atoms with Crippen LogP contribution in [0.1, 0.15) is 47.0 Å². The standard InChI is InChI=1S/C13H28N2/c1-6-10(2)14-9-11(3)15(5)12(4)13-7-8-13/h10-14H,6-9H2,1-5H3. The number of hydrogen-bond donors (Lipinski definition) is 1. The number of nitrogens with zero attached hydrogens (tertiary/aromatic N) is 1. The Morgan fingerprint density at radius 3 is 2.33 bits per heavy atom. The number of hydrogen-bond acceptors (Lipinski definition) is 2. The summed E-state index contributed by atoms with van der Waals surface area (Å²) in [5, 5.41) is 3.59. The second kappa shape index (κ2) is 5.86. The van der Waals surface area contributed by atoms with Crippen molar-refractivity contribution in [3.05, 3.63) is 0 Å². The summed E-state index contributed by atoms with van der Waals surface area (Å²) in [4.78, 5) is 2.53. The predicted molar refractivity (Wildman–Crippen MR) is 67.2 cm³/mol. The smallest absolute Gasteiger partial charge is 0.0192 e. The van der Waals surface area contributed by atoms with E-state index in [1.54, 1.807) is 0 Å². The summed E-state index contributed by atoms with van der Waals surface area (Å²) in [5.41, 5.74) is 0. The van der Waals surface area contributed by atoms with Crippen LogP contribution >= 0.6 is 0 Å². The summed E-state index contributed by atoms with van der Waals surface area (Å²) in [7, 11) is 2.27. The molecule has 0 saturated heterocycles. The Bertz CT molecular complexity index is 177. The van der Waals surface area contributed by atoms with E-state index in [2.05, 4.69) is 45.0 Å². The summed E-state index contributed by atoms with van der Waals surface area (Å²) in [6.07, 6.45) is 4.10. The van der Waals surface area contributed by atoms with Crippen molar-refractivity contribution in [2.45, 2.75) is 65.1 Å². The molecule has 0 aromatic heterocycles. The molecule has 2 heteroatoms. The first-order chi connectivity index (χ1) is 7.06. The molecule has 1 rings (SSSR count). The first-order valence-electron chi connectivity index (χ1n) is 6.51. The van der Waals surface area contributed by atoms with Gasteiger partial charge in [0.15, 0.2) is 0 Å². The second-order valence-corrected chi connectivity index (χ2v) is 5.31. The zero-order valence-electron chi connectivity index (χ0n) is 11.1. The van der Waals surface area contributed by atoms with E-state index in [0.29, 0.717) is 12.1 Å². The van der Waals surface area contributed by atoms with E-state index in [-0.39, 0.29) is 0 Å². The molecule has 3 unspecified atom stereocenters. The van der Waals surface area contributed by atoms with Crippen molar-refractivity contribution in [3.63, 3.8) is 0 Å². The van der Waals surface area contributed by atoms with Gasteiger partial charge in [-0.2, -0.15) is 0 Å². The van der Waals surface area contributed by atoms with E-state index >= 15 is 0 Å². The topological polar surface area (TPSA) is 15.3 Å². The van der Waals surface area contributed by atoms with Crippen molar-refractivity contribution in [1.29, 1.82) is 0 Å². The Labute approximate surface area is 95.4 Å². The zero-order chi connectivity index (χ0) is 11.4. The van der Waals surface area contributed by atoms with Crippen molar-refractivity contribution in [3.8, 4) is 0 Å². The molecule has 2 nitrogen and oxygen atoms in total. The third kappa shape index (κ3) is 4.12. The molecule has 0 spiro atoms. The van der Waals surface area contributed by atoms with Crippen LogP contribution in [0.25, 0.3) is 0 Å². The normalized spacial score (nSPS) is 22.8. The van der Waals surface area contributed by atoms with E-state index in [9.17, 15) is 0 Å². The maximum atomic E-state index is 3.59. The molecule has 0 aromatic rings. The fourth-order valence-corrected chi connectivity index (χ4v) is 1.97. The molecule has 0 bridgehead atoms. The molecule has 0 heterocycles. The Kier molecular flexibility index (Phi) is 5.07. The van der Waals surface area contributed by atoms with Crippen LogP contribution in [0.5, 0.6) is 0 Å². The Hall–Kier alpha value is -0.0800. The number of rotatable bonds is 7. The molecule has 90 valence electrons. The molecule has 0 radical (unpaired) electrons. The van der Waals surface area contributed by atoms with Crippen molar-refractivity contribution < 1.29 is 0 Å². The van der Waals surface area contributed by atoms with E-state index in [4.69, 9.17) is 0 Å². The van der Waals surface area contributed by atoms with Gasteiger partial charge in [0.25, 0.3) is 0 Å². The van der Waals surface area contributed by atoms with E-state index < -0.39 is 0 Å². The average Bonchev–Trinajstić information content (AvgIpc) is 3.06. The third-order valence-electron chi connectivity index (χ3n) is 4.02. The quantitative estimate of drug-likeness (QED) is 0.697. The van der Waals surface area contributed by atoms with Gasteiger partial charge >= 0.3 is 0 Å². The predicted octanol–water partition coefficient (Wildman–Crippen LogP) is 2.49. The van der Waals surface area contributed by atoms with Gasteiger partial charge in [0.2, 0.25) is 0 Å². The van der Waals surface area contributed by atoms with Gasteiger partial charge in [0.1, 0.15) is 0 Å². The summed E-state index contributed by atoms with van der Waals surface area (Å²) in [6.45, 7) is 10.3.